The van der Waals surface area contributed by atoms with Gasteiger partial charge in [-0.2, -0.15) is 16.7 Å². The van der Waals surface area contributed by atoms with E-state index in [1.807, 2.05) is 11.8 Å². The summed E-state index contributed by atoms with van der Waals surface area (Å²) in [5, 5.41) is 7.58. The van der Waals surface area contributed by atoms with Gasteiger partial charge in [-0.15, -0.1) is 0 Å². The molecule has 2 heterocycles. The van der Waals surface area contributed by atoms with E-state index in [0.29, 0.717) is 5.92 Å². The fraction of sp³-hybridized carbons (Fsp3) is 0.857. The molecule has 1 N–H and O–H groups in total. The second-order valence-corrected chi connectivity index (χ2v) is 6.91. The molecular weight excluding hydrogens is 258 g/mol. The van der Waals surface area contributed by atoms with Crippen LogP contribution in [0.2, 0.25) is 0 Å². The standard InChI is InChI=1S/C14H25N3OS/c1-4-5-14(6-7-15-10-14)13-16-12(17-18-13)9-19-8-11(2)3/h11,15H,4-10H2,1-3H3. The number of hydrogen-bond donors (Lipinski definition) is 1. The summed E-state index contributed by atoms with van der Waals surface area (Å²) < 4.78 is 5.55. The maximum Gasteiger partial charge on any atom is 0.234 e. The van der Waals surface area contributed by atoms with Gasteiger partial charge in [0.15, 0.2) is 5.82 Å². The topological polar surface area (TPSA) is 51.0 Å². The van der Waals surface area contributed by atoms with Crippen molar-refractivity contribution in [3.8, 4) is 0 Å². The van der Waals surface area contributed by atoms with Crippen LogP contribution in [0.15, 0.2) is 4.52 Å². The number of rotatable bonds is 7. The molecule has 0 aromatic carbocycles. The normalized spacial score (nSPS) is 23.4. The summed E-state index contributed by atoms with van der Waals surface area (Å²) in [7, 11) is 0. The molecule has 1 unspecified atom stereocenters. The summed E-state index contributed by atoms with van der Waals surface area (Å²) in [6, 6.07) is 0. The largest absolute Gasteiger partial charge is 0.339 e. The maximum atomic E-state index is 5.55. The van der Waals surface area contributed by atoms with Crippen molar-refractivity contribution in [3.05, 3.63) is 11.7 Å². The molecule has 0 radical (unpaired) electrons. The van der Waals surface area contributed by atoms with Crippen LogP contribution in [-0.2, 0) is 11.2 Å². The Labute approximate surface area is 120 Å². The lowest BCUT2D eigenvalue weighted by atomic mass is 9.82. The predicted octanol–water partition coefficient (Wildman–Crippen LogP) is 2.99. The molecule has 2 rings (SSSR count). The third-order valence-electron chi connectivity index (χ3n) is 3.58. The molecule has 0 saturated carbocycles. The Hall–Kier alpha value is -0.550. The molecule has 19 heavy (non-hydrogen) atoms. The monoisotopic (exact) mass is 283 g/mol. The van der Waals surface area contributed by atoms with E-state index in [-0.39, 0.29) is 5.41 Å². The number of thioether (sulfide) groups is 1. The number of nitrogens with zero attached hydrogens (tertiary/aromatic N) is 2. The molecule has 1 atom stereocenters. The zero-order valence-electron chi connectivity index (χ0n) is 12.2. The second-order valence-electron chi connectivity index (χ2n) is 5.88. The van der Waals surface area contributed by atoms with E-state index < -0.39 is 0 Å². The molecule has 1 aromatic heterocycles. The molecule has 0 spiro atoms. The Morgan fingerprint density at radius 1 is 1.47 bits per heavy atom. The van der Waals surface area contributed by atoms with E-state index >= 15 is 0 Å². The Kier molecular flexibility index (Phi) is 5.28. The first kappa shape index (κ1) is 14.9. The molecule has 0 amide bonds. The predicted molar refractivity (Wildman–Crippen MR) is 79.4 cm³/mol. The van der Waals surface area contributed by atoms with Crippen LogP contribution >= 0.6 is 11.8 Å². The van der Waals surface area contributed by atoms with Gasteiger partial charge < -0.3 is 9.84 Å². The molecule has 5 heteroatoms. The highest BCUT2D eigenvalue weighted by Gasteiger charge is 2.39. The van der Waals surface area contributed by atoms with E-state index in [2.05, 4.69) is 36.2 Å². The number of hydrogen-bond acceptors (Lipinski definition) is 5. The lowest BCUT2D eigenvalue weighted by molar-refractivity contribution is 0.276. The van der Waals surface area contributed by atoms with Crippen LogP contribution in [0.4, 0.5) is 0 Å². The van der Waals surface area contributed by atoms with E-state index in [1.165, 1.54) is 0 Å². The van der Waals surface area contributed by atoms with Gasteiger partial charge in [0, 0.05) is 6.54 Å². The fourth-order valence-corrected chi connectivity index (χ4v) is 3.53. The number of aromatic nitrogens is 2. The molecular formula is C14H25N3OS. The van der Waals surface area contributed by atoms with Gasteiger partial charge in [0.1, 0.15) is 0 Å². The lowest BCUT2D eigenvalue weighted by Crippen LogP contribution is -2.29. The van der Waals surface area contributed by atoms with Crippen molar-refractivity contribution < 1.29 is 4.52 Å². The third kappa shape index (κ3) is 3.72. The van der Waals surface area contributed by atoms with Crippen LogP contribution in [0.25, 0.3) is 0 Å². The minimum Gasteiger partial charge on any atom is -0.339 e. The lowest BCUT2D eigenvalue weighted by Gasteiger charge is -2.22. The van der Waals surface area contributed by atoms with E-state index in [4.69, 9.17) is 4.52 Å². The average Bonchev–Trinajstić information content (AvgIpc) is 2.98. The van der Waals surface area contributed by atoms with Gasteiger partial charge in [0.05, 0.1) is 11.2 Å². The SMILES string of the molecule is CCCC1(c2nc(CSCC(C)C)no2)CCNC1. The molecule has 1 aromatic rings. The van der Waals surface area contributed by atoms with Crippen molar-refractivity contribution in [2.45, 2.75) is 51.2 Å². The van der Waals surface area contributed by atoms with Crippen LogP contribution in [-0.4, -0.2) is 29.0 Å². The third-order valence-corrected chi connectivity index (χ3v) is 4.94. The molecule has 108 valence electrons. The van der Waals surface area contributed by atoms with Gasteiger partial charge in [-0.3, -0.25) is 0 Å². The zero-order chi connectivity index (χ0) is 13.7. The molecule has 1 aliphatic heterocycles. The van der Waals surface area contributed by atoms with Gasteiger partial charge in [0.2, 0.25) is 5.89 Å². The summed E-state index contributed by atoms with van der Waals surface area (Å²) >= 11 is 1.88. The van der Waals surface area contributed by atoms with Crippen LogP contribution in [0.1, 0.15) is 51.7 Å². The Bertz CT molecular complexity index is 386. The highest BCUT2D eigenvalue weighted by molar-refractivity contribution is 7.98. The van der Waals surface area contributed by atoms with Crippen molar-refractivity contribution >= 4 is 11.8 Å². The van der Waals surface area contributed by atoms with Gasteiger partial charge in [-0.1, -0.05) is 32.3 Å². The van der Waals surface area contributed by atoms with Crippen molar-refractivity contribution in [1.29, 1.82) is 0 Å². The van der Waals surface area contributed by atoms with Crippen LogP contribution < -0.4 is 5.32 Å². The molecule has 0 bridgehead atoms. The summed E-state index contributed by atoms with van der Waals surface area (Å²) in [4.78, 5) is 4.64. The minimum atomic E-state index is 0.0860. The van der Waals surface area contributed by atoms with Crippen LogP contribution in [0.5, 0.6) is 0 Å². The van der Waals surface area contributed by atoms with E-state index in [9.17, 15) is 0 Å². The van der Waals surface area contributed by atoms with Crippen molar-refractivity contribution in [3.63, 3.8) is 0 Å². The molecule has 1 fully saturated rings. The minimum absolute atomic E-state index is 0.0860. The molecule has 4 nitrogen and oxygen atoms in total. The van der Waals surface area contributed by atoms with Crippen LogP contribution in [0, 0.1) is 5.92 Å². The maximum absolute atomic E-state index is 5.55. The summed E-state index contributed by atoms with van der Waals surface area (Å²) in [5.74, 6) is 4.41. The van der Waals surface area contributed by atoms with Crippen molar-refractivity contribution in [1.82, 2.24) is 15.5 Å². The molecule has 0 aliphatic carbocycles. The Morgan fingerprint density at radius 3 is 2.95 bits per heavy atom. The second kappa shape index (κ2) is 6.75. The van der Waals surface area contributed by atoms with Crippen molar-refractivity contribution in [2.75, 3.05) is 18.8 Å². The van der Waals surface area contributed by atoms with Gasteiger partial charge in [-0.25, -0.2) is 0 Å². The highest BCUT2D eigenvalue weighted by atomic mass is 32.2. The van der Waals surface area contributed by atoms with Crippen LogP contribution in [0.3, 0.4) is 0 Å². The summed E-state index contributed by atoms with van der Waals surface area (Å²) in [5.41, 5.74) is 0.0860. The fourth-order valence-electron chi connectivity index (χ4n) is 2.64. The molecule has 1 aliphatic rings. The summed E-state index contributed by atoms with van der Waals surface area (Å²) in [6.45, 7) is 8.71. The Balaban J connectivity index is 1.98. The first-order valence-electron chi connectivity index (χ1n) is 7.28. The summed E-state index contributed by atoms with van der Waals surface area (Å²) in [6.07, 6.45) is 3.39. The highest BCUT2D eigenvalue weighted by Crippen LogP contribution is 2.34. The van der Waals surface area contributed by atoms with Gasteiger partial charge >= 0.3 is 0 Å². The zero-order valence-corrected chi connectivity index (χ0v) is 13.1. The Morgan fingerprint density at radius 2 is 2.32 bits per heavy atom. The van der Waals surface area contributed by atoms with Gasteiger partial charge in [-0.05, 0) is 31.1 Å². The van der Waals surface area contributed by atoms with Gasteiger partial charge in [0.25, 0.3) is 0 Å². The quantitative estimate of drug-likeness (QED) is 0.833. The van der Waals surface area contributed by atoms with E-state index in [0.717, 1.165) is 55.6 Å². The smallest absolute Gasteiger partial charge is 0.234 e. The van der Waals surface area contributed by atoms with Crippen molar-refractivity contribution in [2.24, 2.45) is 5.92 Å². The first-order valence-corrected chi connectivity index (χ1v) is 8.43. The first-order chi connectivity index (χ1) is 9.16. The number of nitrogens with one attached hydrogen (secondary N) is 1. The average molecular weight is 283 g/mol. The van der Waals surface area contributed by atoms with E-state index in [1.54, 1.807) is 0 Å². The molecule has 1 saturated heterocycles.